The highest BCUT2D eigenvalue weighted by atomic mass is 32.2. The van der Waals surface area contributed by atoms with Crippen molar-refractivity contribution >= 4 is 33.0 Å². The first-order chi connectivity index (χ1) is 17.6. The van der Waals surface area contributed by atoms with Crippen molar-refractivity contribution < 1.29 is 35.8 Å². The Morgan fingerprint density at radius 3 is 2.55 bits per heavy atom. The number of amides is 2. The van der Waals surface area contributed by atoms with Crippen LogP contribution in [-0.2, 0) is 20.7 Å². The van der Waals surface area contributed by atoms with Crippen LogP contribution in [0.25, 0.3) is 0 Å². The quantitative estimate of drug-likeness (QED) is 0.514. The first kappa shape index (κ1) is 29.4. The summed E-state index contributed by atoms with van der Waals surface area (Å²) >= 11 is 0. The third-order valence-electron chi connectivity index (χ3n) is 5.84. The zero-order valence-electron chi connectivity index (χ0n) is 20.9. The average Bonchev–Trinajstić information content (AvgIpc) is 2.98. The summed E-state index contributed by atoms with van der Waals surface area (Å²) in [5, 5.41) is 12.0. The van der Waals surface area contributed by atoms with Crippen LogP contribution < -0.4 is 15.5 Å². The maximum Gasteiger partial charge on any atom is 0.435 e. The molecule has 1 aliphatic rings. The van der Waals surface area contributed by atoms with Gasteiger partial charge in [0.05, 0.1) is 21.8 Å². The summed E-state index contributed by atoms with van der Waals surface area (Å²) in [4.78, 5) is 26.6. The van der Waals surface area contributed by atoms with Crippen molar-refractivity contribution in [3.05, 3.63) is 41.1 Å². The largest absolute Gasteiger partial charge is 0.435 e. The number of benzene rings is 1. The van der Waals surface area contributed by atoms with Gasteiger partial charge in [-0.1, -0.05) is 6.07 Å². The first-order valence-corrected chi connectivity index (χ1v) is 13.5. The van der Waals surface area contributed by atoms with Crippen molar-refractivity contribution in [2.45, 2.75) is 43.2 Å². The number of rotatable bonds is 6. The molecule has 38 heavy (non-hydrogen) atoms. The number of carbonyl (C=O) groups is 2. The number of alkyl halides is 5. The SMILES string of the molecule is CNCC(=O)N=[S@](C)(=O)c1cccc(NC(=O)c2c(N3CCCC(F)(F)CC3)nnc(C(F)(F)F)c2C)c1. The van der Waals surface area contributed by atoms with E-state index in [2.05, 4.69) is 25.2 Å². The van der Waals surface area contributed by atoms with Crippen LogP contribution in [0, 0.1) is 6.92 Å². The number of nitrogens with zero attached hydrogens (tertiary/aromatic N) is 4. The molecule has 0 spiro atoms. The third-order valence-corrected chi connectivity index (χ3v) is 7.53. The maximum atomic E-state index is 13.9. The highest BCUT2D eigenvalue weighted by molar-refractivity contribution is 7.93. The molecule has 2 N–H and O–H groups in total. The molecule has 3 rings (SSSR count). The number of anilines is 2. The lowest BCUT2D eigenvalue weighted by Gasteiger charge is -2.25. The van der Waals surface area contributed by atoms with Gasteiger partial charge in [-0.15, -0.1) is 10.2 Å². The van der Waals surface area contributed by atoms with Crippen molar-refractivity contribution in [3.8, 4) is 0 Å². The van der Waals surface area contributed by atoms with Gasteiger partial charge < -0.3 is 15.5 Å². The Bertz CT molecular complexity index is 1340. The molecule has 0 unspecified atom stereocenters. The van der Waals surface area contributed by atoms with Crippen LogP contribution in [0.4, 0.5) is 33.5 Å². The highest BCUT2D eigenvalue weighted by Gasteiger charge is 2.39. The minimum absolute atomic E-state index is 0.0402. The lowest BCUT2D eigenvalue weighted by Crippen LogP contribution is -2.31. The van der Waals surface area contributed by atoms with E-state index in [9.17, 15) is 35.8 Å². The topological polar surface area (TPSA) is 117 Å². The molecule has 2 amide bonds. The number of aromatic nitrogens is 2. The Morgan fingerprint density at radius 1 is 1.18 bits per heavy atom. The molecule has 0 bridgehead atoms. The first-order valence-electron chi connectivity index (χ1n) is 11.5. The number of likely N-dealkylation sites (N-methyl/N-ethyl adjacent to an activating group) is 1. The van der Waals surface area contributed by atoms with Gasteiger partial charge in [0.1, 0.15) is 0 Å². The number of carbonyl (C=O) groups excluding carboxylic acids is 2. The number of hydrogen-bond donors (Lipinski definition) is 2. The summed E-state index contributed by atoms with van der Waals surface area (Å²) in [5.41, 5.74) is -2.29. The Kier molecular flexibility index (Phi) is 8.71. The maximum absolute atomic E-state index is 13.9. The van der Waals surface area contributed by atoms with Gasteiger partial charge in [0, 0.05) is 42.8 Å². The molecule has 1 aliphatic heterocycles. The Hall–Kier alpha value is -3.20. The standard InChI is InChI=1S/C23H27F5N6O3S/c1-14-18(20(32-31-19(14)23(26,27)28)34-10-5-8-22(24,25)9-11-34)21(36)30-15-6-4-7-16(12-15)38(3,37)33-17(35)13-29-2/h4,6-7,12,29H,5,8-11,13H2,1-3H3,(H,30,36)/t38-/m1/s1. The Morgan fingerprint density at radius 2 is 1.89 bits per heavy atom. The summed E-state index contributed by atoms with van der Waals surface area (Å²) in [6.45, 7) is 0.736. The second-order valence-corrected chi connectivity index (χ2v) is 11.1. The van der Waals surface area contributed by atoms with Gasteiger partial charge in [-0.25, -0.2) is 13.0 Å². The zero-order valence-corrected chi connectivity index (χ0v) is 21.7. The third kappa shape index (κ3) is 7.01. The van der Waals surface area contributed by atoms with Crippen LogP contribution in [0.1, 0.15) is 40.9 Å². The van der Waals surface area contributed by atoms with E-state index in [1.807, 2.05) is 0 Å². The van der Waals surface area contributed by atoms with Gasteiger partial charge in [0.15, 0.2) is 11.5 Å². The monoisotopic (exact) mass is 562 g/mol. The minimum atomic E-state index is -4.91. The summed E-state index contributed by atoms with van der Waals surface area (Å²) in [7, 11) is -1.68. The molecule has 15 heteroatoms. The van der Waals surface area contributed by atoms with Gasteiger partial charge in [-0.05, 0) is 44.2 Å². The van der Waals surface area contributed by atoms with Crippen LogP contribution in [0.2, 0.25) is 0 Å². The fourth-order valence-corrected chi connectivity index (χ4v) is 5.22. The smallest absolute Gasteiger partial charge is 0.354 e. The molecule has 1 aromatic heterocycles. The van der Waals surface area contributed by atoms with Crippen LogP contribution in [0.3, 0.4) is 0 Å². The second kappa shape index (κ2) is 11.3. The van der Waals surface area contributed by atoms with E-state index in [-0.39, 0.29) is 42.5 Å². The van der Waals surface area contributed by atoms with E-state index in [1.165, 1.54) is 42.5 Å². The van der Waals surface area contributed by atoms with Crippen LogP contribution in [0.15, 0.2) is 33.5 Å². The molecular weight excluding hydrogens is 535 g/mol. The van der Waals surface area contributed by atoms with E-state index in [0.29, 0.717) is 0 Å². The summed E-state index contributed by atoms with van der Waals surface area (Å²) in [5.74, 6) is -4.83. The van der Waals surface area contributed by atoms with Gasteiger partial charge in [0.2, 0.25) is 5.92 Å². The normalized spacial score (nSPS) is 17.3. The van der Waals surface area contributed by atoms with Crippen LogP contribution >= 0.6 is 0 Å². The lowest BCUT2D eigenvalue weighted by atomic mass is 10.1. The van der Waals surface area contributed by atoms with Gasteiger partial charge in [-0.2, -0.15) is 17.5 Å². The average molecular weight is 563 g/mol. The highest BCUT2D eigenvalue weighted by Crippen LogP contribution is 2.36. The predicted octanol–water partition coefficient (Wildman–Crippen LogP) is 3.88. The van der Waals surface area contributed by atoms with Crippen molar-refractivity contribution in [3.63, 3.8) is 0 Å². The van der Waals surface area contributed by atoms with Crippen molar-refractivity contribution in [2.24, 2.45) is 4.36 Å². The van der Waals surface area contributed by atoms with E-state index in [4.69, 9.17) is 0 Å². The van der Waals surface area contributed by atoms with Crippen molar-refractivity contribution in [1.29, 1.82) is 0 Å². The fourth-order valence-electron chi connectivity index (χ4n) is 3.98. The number of halogens is 5. The van der Waals surface area contributed by atoms with E-state index in [0.717, 1.165) is 6.92 Å². The Balaban J connectivity index is 2.02. The molecule has 1 atom stereocenters. The van der Waals surface area contributed by atoms with Crippen molar-refractivity contribution in [1.82, 2.24) is 15.5 Å². The predicted molar refractivity (Wildman–Crippen MR) is 131 cm³/mol. The summed E-state index contributed by atoms with van der Waals surface area (Å²) < 4.78 is 85.3. The zero-order chi connectivity index (χ0) is 28.3. The molecule has 0 saturated carbocycles. The summed E-state index contributed by atoms with van der Waals surface area (Å²) in [6.07, 6.45) is -4.59. The molecule has 208 valence electrons. The van der Waals surface area contributed by atoms with Crippen molar-refractivity contribution in [2.75, 3.05) is 43.2 Å². The number of hydrogen-bond acceptors (Lipinski definition) is 7. The lowest BCUT2D eigenvalue weighted by molar-refractivity contribution is -0.142. The Labute approximate surface area is 216 Å². The van der Waals surface area contributed by atoms with Crippen LogP contribution in [-0.4, -0.2) is 65.1 Å². The van der Waals surface area contributed by atoms with Gasteiger partial charge in [-0.3, -0.25) is 9.59 Å². The molecule has 0 aliphatic carbocycles. The molecule has 2 aromatic rings. The van der Waals surface area contributed by atoms with Crippen LogP contribution in [0.5, 0.6) is 0 Å². The van der Waals surface area contributed by atoms with E-state index < -0.39 is 63.3 Å². The second-order valence-electron chi connectivity index (χ2n) is 8.87. The van der Waals surface area contributed by atoms with Gasteiger partial charge in [0.25, 0.3) is 11.8 Å². The van der Waals surface area contributed by atoms with E-state index in [1.54, 1.807) is 0 Å². The molecule has 1 aromatic carbocycles. The number of nitrogens with one attached hydrogen (secondary N) is 2. The van der Waals surface area contributed by atoms with E-state index >= 15 is 0 Å². The minimum Gasteiger partial charge on any atom is -0.354 e. The molecular formula is C23H27F5N6O3S. The fraction of sp³-hybridized carbons (Fsp3) is 0.478. The molecule has 9 nitrogen and oxygen atoms in total. The molecule has 0 radical (unpaired) electrons. The molecule has 1 saturated heterocycles. The summed E-state index contributed by atoms with van der Waals surface area (Å²) in [6, 6.07) is 5.56. The van der Waals surface area contributed by atoms with Gasteiger partial charge >= 0.3 is 6.18 Å². The molecule has 2 heterocycles. The molecule has 1 fully saturated rings.